The zero-order valence-corrected chi connectivity index (χ0v) is 20.6. The lowest BCUT2D eigenvalue weighted by molar-refractivity contribution is 0.00803. The van der Waals surface area contributed by atoms with Crippen molar-refractivity contribution in [1.29, 1.82) is 0 Å². The first-order valence-corrected chi connectivity index (χ1v) is 11.2. The molecule has 2 N–H and O–H groups in total. The predicted molar refractivity (Wildman–Crippen MR) is 135 cm³/mol. The number of para-hydroxylation sites is 2. The molecule has 6 nitrogen and oxygen atoms in total. The van der Waals surface area contributed by atoms with Crippen LogP contribution in [0.4, 0.5) is 5.13 Å². The number of anilines is 1. The van der Waals surface area contributed by atoms with Crippen molar-refractivity contribution >= 4 is 51.5 Å². The van der Waals surface area contributed by atoms with Crippen molar-refractivity contribution in [3.05, 3.63) is 42.5 Å². The average molecular weight is 498 g/mol. The van der Waals surface area contributed by atoms with Gasteiger partial charge in [-0.3, -0.25) is 0 Å². The molecule has 3 aromatic rings. The number of hydrogen-bond donors (Lipinski definition) is 1. The lowest BCUT2D eigenvalue weighted by Crippen LogP contribution is -2.61. The molecule has 0 aliphatic carbocycles. The van der Waals surface area contributed by atoms with Gasteiger partial charge in [0.05, 0.1) is 22.9 Å². The standard InChI is InChI=1S/C23H27N3O3S.2ClH/c1-23(24,20-14-28-21-17(27-2)7-5-8-18(21)29-20)15-10-12-26(13-11-15)22-25-16-6-3-4-9-19(16)30-22;;/h3-9,15,20H,10-14,24H2,1-2H3;2*1H. The SMILES string of the molecule is COc1cccc2c1OCC(C(C)(N)C1CCN(c3nc4ccccc4s3)CC1)O2.Cl.Cl. The summed E-state index contributed by atoms with van der Waals surface area (Å²) >= 11 is 1.76. The van der Waals surface area contributed by atoms with E-state index >= 15 is 0 Å². The van der Waals surface area contributed by atoms with Crippen molar-refractivity contribution in [3.8, 4) is 17.2 Å². The molecule has 2 atom stereocenters. The van der Waals surface area contributed by atoms with Crippen molar-refractivity contribution in [1.82, 2.24) is 4.98 Å². The van der Waals surface area contributed by atoms with Gasteiger partial charge in [-0.05, 0) is 49.9 Å². The Kier molecular flexibility index (Phi) is 7.65. The van der Waals surface area contributed by atoms with E-state index in [1.807, 2.05) is 24.3 Å². The van der Waals surface area contributed by atoms with E-state index in [1.165, 1.54) is 4.70 Å². The highest BCUT2D eigenvalue weighted by Crippen LogP contribution is 2.43. The smallest absolute Gasteiger partial charge is 0.203 e. The zero-order chi connectivity index (χ0) is 20.7. The number of piperidine rings is 1. The molecule has 0 spiro atoms. The Labute approximate surface area is 204 Å². The summed E-state index contributed by atoms with van der Waals surface area (Å²) < 4.78 is 18.9. The number of halogens is 2. The van der Waals surface area contributed by atoms with E-state index in [-0.39, 0.29) is 30.9 Å². The van der Waals surface area contributed by atoms with Gasteiger partial charge in [0.1, 0.15) is 6.61 Å². The first-order valence-electron chi connectivity index (χ1n) is 10.4. The molecule has 0 saturated carbocycles. The molecule has 32 heavy (non-hydrogen) atoms. The Hall–Kier alpha value is -1.93. The summed E-state index contributed by atoms with van der Waals surface area (Å²) in [6, 6.07) is 14.0. The minimum Gasteiger partial charge on any atom is -0.493 e. The molecule has 0 radical (unpaired) electrons. The second-order valence-electron chi connectivity index (χ2n) is 8.30. The van der Waals surface area contributed by atoms with Crippen molar-refractivity contribution in [2.75, 3.05) is 31.7 Å². The van der Waals surface area contributed by atoms with Gasteiger partial charge in [-0.2, -0.15) is 0 Å². The first-order chi connectivity index (χ1) is 14.6. The first kappa shape index (κ1) is 24.7. The summed E-state index contributed by atoms with van der Waals surface area (Å²) in [4.78, 5) is 7.20. The summed E-state index contributed by atoms with van der Waals surface area (Å²) in [5, 5.41) is 1.10. The van der Waals surface area contributed by atoms with Crippen molar-refractivity contribution in [2.24, 2.45) is 11.7 Å². The summed E-state index contributed by atoms with van der Waals surface area (Å²) in [6.07, 6.45) is 1.82. The van der Waals surface area contributed by atoms with Gasteiger partial charge in [-0.25, -0.2) is 4.98 Å². The van der Waals surface area contributed by atoms with E-state index < -0.39 is 5.54 Å². The summed E-state index contributed by atoms with van der Waals surface area (Å²) in [5.41, 5.74) is 7.46. The quantitative estimate of drug-likeness (QED) is 0.551. The monoisotopic (exact) mass is 497 g/mol. The molecule has 1 fully saturated rings. The van der Waals surface area contributed by atoms with Crippen LogP contribution in [-0.2, 0) is 0 Å². The van der Waals surface area contributed by atoms with E-state index in [1.54, 1.807) is 18.4 Å². The van der Waals surface area contributed by atoms with Crippen LogP contribution in [0.15, 0.2) is 42.5 Å². The number of methoxy groups -OCH3 is 1. The molecule has 1 saturated heterocycles. The Balaban J connectivity index is 0.00000144. The lowest BCUT2D eigenvalue weighted by Gasteiger charge is -2.45. The van der Waals surface area contributed by atoms with Gasteiger partial charge in [0, 0.05) is 13.1 Å². The third-order valence-corrected chi connectivity index (χ3v) is 7.53. The number of fused-ring (bicyclic) bond motifs is 2. The maximum atomic E-state index is 6.87. The Morgan fingerprint density at radius 2 is 1.88 bits per heavy atom. The van der Waals surface area contributed by atoms with E-state index in [0.29, 0.717) is 29.8 Å². The molecule has 2 aliphatic heterocycles. The number of nitrogens with two attached hydrogens (primary N) is 1. The van der Waals surface area contributed by atoms with E-state index in [9.17, 15) is 0 Å². The fourth-order valence-electron chi connectivity index (χ4n) is 4.50. The van der Waals surface area contributed by atoms with Gasteiger partial charge in [0.25, 0.3) is 0 Å². The van der Waals surface area contributed by atoms with Crippen molar-refractivity contribution in [2.45, 2.75) is 31.4 Å². The van der Waals surface area contributed by atoms with Crippen LogP contribution in [0.25, 0.3) is 10.2 Å². The van der Waals surface area contributed by atoms with Gasteiger partial charge in [-0.15, -0.1) is 24.8 Å². The number of nitrogens with zero attached hydrogens (tertiary/aromatic N) is 2. The highest BCUT2D eigenvalue weighted by atomic mass is 35.5. The van der Waals surface area contributed by atoms with Gasteiger partial charge in [-0.1, -0.05) is 29.5 Å². The van der Waals surface area contributed by atoms with Gasteiger partial charge >= 0.3 is 0 Å². The van der Waals surface area contributed by atoms with Crippen LogP contribution < -0.4 is 24.8 Å². The van der Waals surface area contributed by atoms with Crippen LogP contribution in [0.1, 0.15) is 19.8 Å². The fourth-order valence-corrected chi connectivity index (χ4v) is 5.51. The molecule has 2 unspecified atom stereocenters. The minimum atomic E-state index is -0.486. The number of hydrogen-bond acceptors (Lipinski definition) is 7. The van der Waals surface area contributed by atoms with Gasteiger partial charge in [0.2, 0.25) is 5.75 Å². The number of ether oxygens (including phenoxy) is 3. The molecule has 3 heterocycles. The Morgan fingerprint density at radius 3 is 2.59 bits per heavy atom. The number of thiazole rings is 1. The van der Waals surface area contributed by atoms with Crippen LogP contribution in [0.2, 0.25) is 0 Å². The third-order valence-electron chi connectivity index (χ3n) is 6.43. The number of rotatable bonds is 4. The normalized spacial score (nSPS) is 20.1. The van der Waals surface area contributed by atoms with Gasteiger partial charge in [0.15, 0.2) is 22.7 Å². The molecule has 0 bridgehead atoms. The zero-order valence-electron chi connectivity index (χ0n) is 18.2. The lowest BCUT2D eigenvalue weighted by atomic mass is 9.76. The van der Waals surface area contributed by atoms with Crippen LogP contribution in [0, 0.1) is 5.92 Å². The van der Waals surface area contributed by atoms with Gasteiger partial charge < -0.3 is 24.8 Å². The summed E-state index contributed by atoms with van der Waals surface area (Å²) in [6.45, 7) is 4.44. The number of aromatic nitrogens is 1. The van der Waals surface area contributed by atoms with E-state index in [2.05, 4.69) is 30.0 Å². The average Bonchev–Trinajstić information content (AvgIpc) is 3.22. The highest BCUT2D eigenvalue weighted by molar-refractivity contribution is 7.22. The van der Waals surface area contributed by atoms with Crippen molar-refractivity contribution < 1.29 is 14.2 Å². The molecule has 5 rings (SSSR count). The van der Waals surface area contributed by atoms with Crippen LogP contribution >= 0.6 is 36.2 Å². The summed E-state index contributed by atoms with van der Waals surface area (Å²) in [5.74, 6) is 2.41. The van der Waals surface area contributed by atoms with Crippen LogP contribution in [0.3, 0.4) is 0 Å². The largest absolute Gasteiger partial charge is 0.493 e. The molecule has 0 amide bonds. The highest BCUT2D eigenvalue weighted by Gasteiger charge is 2.43. The van der Waals surface area contributed by atoms with Crippen LogP contribution in [-0.4, -0.2) is 43.4 Å². The molecule has 174 valence electrons. The second kappa shape index (κ2) is 9.91. The van der Waals surface area contributed by atoms with E-state index in [4.69, 9.17) is 24.9 Å². The molecule has 1 aromatic heterocycles. The number of benzene rings is 2. The van der Waals surface area contributed by atoms with E-state index in [0.717, 1.165) is 36.6 Å². The fraction of sp³-hybridized carbons (Fsp3) is 0.435. The molecule has 9 heteroatoms. The topological polar surface area (TPSA) is 69.8 Å². The summed E-state index contributed by atoms with van der Waals surface area (Å²) in [7, 11) is 1.64. The third kappa shape index (κ3) is 4.44. The van der Waals surface area contributed by atoms with Crippen molar-refractivity contribution in [3.63, 3.8) is 0 Å². The maximum Gasteiger partial charge on any atom is 0.203 e. The Bertz CT molecular complexity index is 1020. The Morgan fingerprint density at radius 1 is 1.12 bits per heavy atom. The molecular weight excluding hydrogens is 469 g/mol. The maximum absolute atomic E-state index is 6.87. The molecular formula is C23H29Cl2N3O3S. The molecule has 2 aliphatic rings. The second-order valence-corrected chi connectivity index (χ2v) is 9.31. The molecule has 2 aromatic carbocycles. The predicted octanol–water partition coefficient (Wildman–Crippen LogP) is 4.92. The minimum absolute atomic E-state index is 0. The van der Waals surface area contributed by atoms with Crippen LogP contribution in [0.5, 0.6) is 17.2 Å².